The van der Waals surface area contributed by atoms with Crippen LogP contribution in [0.1, 0.15) is 39.5 Å². The minimum Gasteiger partial charge on any atom is -0.481 e. The first-order valence-electron chi connectivity index (χ1n) is 4.21. The zero-order valence-corrected chi connectivity index (χ0v) is 7.26. The van der Waals surface area contributed by atoms with Gasteiger partial charge in [-0.15, -0.1) is 0 Å². The maximum atomic E-state index is 10.4. The maximum absolute atomic E-state index is 10.4. The van der Waals surface area contributed by atoms with E-state index in [1.54, 1.807) is 0 Å². The van der Waals surface area contributed by atoms with Crippen LogP contribution in [0.25, 0.3) is 0 Å². The van der Waals surface area contributed by atoms with Gasteiger partial charge in [-0.3, -0.25) is 4.79 Å². The number of carbonyl (C=O) groups is 1. The van der Waals surface area contributed by atoms with Crippen LogP contribution in [-0.4, -0.2) is 11.1 Å². The molecule has 1 aliphatic rings. The van der Waals surface area contributed by atoms with Crippen LogP contribution in [0.5, 0.6) is 0 Å². The predicted octanol–water partition coefficient (Wildman–Crippen LogP) is 2.29. The molecule has 0 atom stereocenters. The highest BCUT2D eigenvalue weighted by molar-refractivity contribution is 5.67. The third kappa shape index (κ3) is 3.40. The van der Waals surface area contributed by atoms with Gasteiger partial charge in [0.05, 0.1) is 6.42 Å². The van der Waals surface area contributed by atoms with Gasteiger partial charge >= 0.3 is 5.97 Å². The first kappa shape index (κ1) is 8.57. The van der Waals surface area contributed by atoms with E-state index in [0.29, 0.717) is 6.42 Å². The van der Waals surface area contributed by atoms with Crippen molar-refractivity contribution in [3.63, 3.8) is 0 Å². The second-order valence-corrected chi connectivity index (χ2v) is 4.38. The fourth-order valence-electron chi connectivity index (χ4n) is 1.59. The minimum atomic E-state index is -0.671. The Kier molecular flexibility index (Phi) is 2.21. The van der Waals surface area contributed by atoms with Crippen molar-refractivity contribution < 1.29 is 9.90 Å². The Morgan fingerprint density at radius 2 is 2.09 bits per heavy atom. The average molecular weight is 156 g/mol. The molecule has 0 aromatic carbocycles. The maximum Gasteiger partial charge on any atom is 0.303 e. The summed E-state index contributed by atoms with van der Waals surface area (Å²) in [4.78, 5) is 10.4. The summed E-state index contributed by atoms with van der Waals surface area (Å²) in [5, 5.41) is 8.58. The van der Waals surface area contributed by atoms with Crippen molar-refractivity contribution in [3.05, 3.63) is 0 Å². The van der Waals surface area contributed by atoms with E-state index in [9.17, 15) is 4.79 Å². The van der Waals surface area contributed by atoms with Gasteiger partial charge < -0.3 is 5.11 Å². The number of hydrogen-bond donors (Lipinski definition) is 1. The molecule has 0 heterocycles. The van der Waals surface area contributed by atoms with Crippen LogP contribution in [0.3, 0.4) is 0 Å². The van der Waals surface area contributed by atoms with Crippen LogP contribution >= 0.6 is 0 Å². The van der Waals surface area contributed by atoms with Crippen LogP contribution in [-0.2, 0) is 4.79 Å². The standard InChI is InChI=1S/C9H16O2/c1-9(2,6-8(10)11)5-7-3-4-7/h7H,3-6H2,1-2H3,(H,10,11). The van der Waals surface area contributed by atoms with Crippen molar-refractivity contribution in [1.29, 1.82) is 0 Å². The molecule has 2 nitrogen and oxygen atoms in total. The predicted molar refractivity (Wildman–Crippen MR) is 43.4 cm³/mol. The summed E-state index contributed by atoms with van der Waals surface area (Å²) in [6, 6.07) is 0. The Bertz CT molecular complexity index is 157. The molecular formula is C9H16O2. The third-order valence-electron chi connectivity index (χ3n) is 2.17. The SMILES string of the molecule is CC(C)(CC(=O)O)CC1CC1. The van der Waals surface area contributed by atoms with E-state index < -0.39 is 5.97 Å². The molecule has 1 saturated carbocycles. The number of rotatable bonds is 4. The Labute approximate surface area is 67.6 Å². The lowest BCUT2D eigenvalue weighted by molar-refractivity contribution is -0.139. The van der Waals surface area contributed by atoms with Crippen molar-refractivity contribution in [1.82, 2.24) is 0 Å². The summed E-state index contributed by atoms with van der Waals surface area (Å²) in [5.74, 6) is 0.153. The molecule has 0 aromatic heterocycles. The highest BCUT2D eigenvalue weighted by Crippen LogP contribution is 2.41. The number of aliphatic carboxylic acids is 1. The summed E-state index contributed by atoms with van der Waals surface area (Å²) in [5.41, 5.74) is 0.00694. The molecule has 2 heteroatoms. The summed E-state index contributed by atoms with van der Waals surface area (Å²) < 4.78 is 0. The Balaban J connectivity index is 2.30. The highest BCUT2D eigenvalue weighted by Gasteiger charge is 2.31. The monoisotopic (exact) mass is 156 g/mol. The van der Waals surface area contributed by atoms with E-state index in [2.05, 4.69) is 0 Å². The quantitative estimate of drug-likeness (QED) is 0.678. The Morgan fingerprint density at radius 3 is 2.45 bits per heavy atom. The van der Waals surface area contributed by atoms with E-state index >= 15 is 0 Å². The first-order valence-corrected chi connectivity index (χ1v) is 4.21. The largest absolute Gasteiger partial charge is 0.481 e. The van der Waals surface area contributed by atoms with Crippen LogP contribution in [0.4, 0.5) is 0 Å². The van der Waals surface area contributed by atoms with Crippen molar-refractivity contribution in [2.75, 3.05) is 0 Å². The minimum absolute atomic E-state index is 0.00694. The fraction of sp³-hybridized carbons (Fsp3) is 0.889. The van der Waals surface area contributed by atoms with E-state index in [4.69, 9.17) is 5.11 Å². The first-order chi connectivity index (χ1) is 4.99. The lowest BCUT2D eigenvalue weighted by Gasteiger charge is -2.21. The molecule has 1 aliphatic carbocycles. The van der Waals surface area contributed by atoms with Gasteiger partial charge in [0.2, 0.25) is 0 Å². The summed E-state index contributed by atoms with van der Waals surface area (Å²) in [7, 11) is 0. The molecule has 0 bridgehead atoms. The molecule has 0 spiro atoms. The van der Waals surface area contributed by atoms with Crippen molar-refractivity contribution in [2.24, 2.45) is 11.3 Å². The molecular weight excluding hydrogens is 140 g/mol. The summed E-state index contributed by atoms with van der Waals surface area (Å²) >= 11 is 0. The van der Waals surface area contributed by atoms with Gasteiger partial charge in [0.1, 0.15) is 0 Å². The fourth-order valence-corrected chi connectivity index (χ4v) is 1.59. The van der Waals surface area contributed by atoms with E-state index in [1.165, 1.54) is 12.8 Å². The average Bonchev–Trinajstić information content (AvgIpc) is 2.43. The van der Waals surface area contributed by atoms with Gasteiger partial charge in [-0.1, -0.05) is 26.7 Å². The highest BCUT2D eigenvalue weighted by atomic mass is 16.4. The van der Waals surface area contributed by atoms with Crippen LogP contribution < -0.4 is 0 Å². The van der Waals surface area contributed by atoms with Gasteiger partial charge in [-0.2, -0.15) is 0 Å². The lowest BCUT2D eigenvalue weighted by Crippen LogP contribution is -2.17. The second kappa shape index (κ2) is 2.84. The molecule has 0 aromatic rings. The number of hydrogen-bond acceptors (Lipinski definition) is 1. The molecule has 0 aliphatic heterocycles. The molecule has 11 heavy (non-hydrogen) atoms. The summed E-state index contributed by atoms with van der Waals surface area (Å²) in [6.45, 7) is 4.08. The van der Waals surface area contributed by atoms with E-state index in [1.807, 2.05) is 13.8 Å². The van der Waals surface area contributed by atoms with E-state index in [0.717, 1.165) is 12.3 Å². The van der Waals surface area contributed by atoms with Crippen molar-refractivity contribution in [3.8, 4) is 0 Å². The van der Waals surface area contributed by atoms with Crippen LogP contribution in [0.15, 0.2) is 0 Å². The number of carboxylic acids is 1. The van der Waals surface area contributed by atoms with Gasteiger partial charge in [0.25, 0.3) is 0 Å². The third-order valence-corrected chi connectivity index (χ3v) is 2.17. The Morgan fingerprint density at radius 1 is 1.55 bits per heavy atom. The molecule has 0 unspecified atom stereocenters. The Hall–Kier alpha value is -0.530. The molecule has 1 rings (SSSR count). The normalized spacial score (nSPS) is 18.4. The van der Waals surface area contributed by atoms with Gasteiger partial charge in [0, 0.05) is 0 Å². The van der Waals surface area contributed by atoms with Gasteiger partial charge in [-0.25, -0.2) is 0 Å². The molecule has 0 saturated heterocycles. The topological polar surface area (TPSA) is 37.3 Å². The van der Waals surface area contributed by atoms with Crippen LogP contribution in [0.2, 0.25) is 0 Å². The van der Waals surface area contributed by atoms with Crippen molar-refractivity contribution >= 4 is 5.97 Å². The molecule has 0 amide bonds. The molecule has 1 N–H and O–H groups in total. The second-order valence-electron chi connectivity index (χ2n) is 4.38. The zero-order valence-electron chi connectivity index (χ0n) is 7.26. The van der Waals surface area contributed by atoms with Gasteiger partial charge in [-0.05, 0) is 17.8 Å². The lowest BCUT2D eigenvalue weighted by atomic mass is 9.84. The molecule has 0 radical (unpaired) electrons. The van der Waals surface area contributed by atoms with Crippen molar-refractivity contribution in [2.45, 2.75) is 39.5 Å². The molecule has 1 fully saturated rings. The van der Waals surface area contributed by atoms with Gasteiger partial charge in [0.15, 0.2) is 0 Å². The molecule has 64 valence electrons. The summed E-state index contributed by atoms with van der Waals surface area (Å²) in [6.07, 6.45) is 4.01. The number of carboxylic acid groups (broad SMARTS) is 1. The van der Waals surface area contributed by atoms with Crippen LogP contribution in [0, 0.1) is 11.3 Å². The smallest absolute Gasteiger partial charge is 0.303 e. The van der Waals surface area contributed by atoms with E-state index in [-0.39, 0.29) is 5.41 Å². The zero-order chi connectivity index (χ0) is 8.48.